The summed E-state index contributed by atoms with van der Waals surface area (Å²) in [7, 11) is -4.34. The number of aromatic nitrogens is 4. The van der Waals surface area contributed by atoms with Crippen LogP contribution in [0, 0.1) is 0 Å². The molecule has 25 heavy (non-hydrogen) atoms. The van der Waals surface area contributed by atoms with Gasteiger partial charge < -0.3 is 10.8 Å². The van der Waals surface area contributed by atoms with Gasteiger partial charge in [0.05, 0.1) is 17.2 Å². The quantitative estimate of drug-likeness (QED) is 0.283. The van der Waals surface area contributed by atoms with Gasteiger partial charge in [0, 0.05) is 5.75 Å². The Hall–Kier alpha value is -1.68. The van der Waals surface area contributed by atoms with Crippen LogP contribution in [-0.4, -0.2) is 71.6 Å². The molecule has 0 spiro atoms. The Morgan fingerprint density at radius 1 is 1.48 bits per heavy atom. The van der Waals surface area contributed by atoms with Crippen LogP contribution in [0.4, 0.5) is 0 Å². The summed E-state index contributed by atoms with van der Waals surface area (Å²) in [5.74, 6) is -2.35. The third kappa shape index (κ3) is 3.64. The lowest BCUT2D eigenvalue weighted by Crippen LogP contribution is -2.56. The molecule has 1 amide bonds. The van der Waals surface area contributed by atoms with Crippen molar-refractivity contribution in [3.8, 4) is 0 Å². The van der Waals surface area contributed by atoms with Crippen LogP contribution in [0.2, 0.25) is 0 Å². The zero-order valence-electron chi connectivity index (χ0n) is 12.3. The summed E-state index contributed by atoms with van der Waals surface area (Å²) in [6.45, 7) is 0. The molecule has 136 valence electrons. The van der Waals surface area contributed by atoms with Gasteiger partial charge in [0.1, 0.15) is 5.70 Å². The predicted octanol–water partition coefficient (Wildman–Crippen LogP) is -1.46. The number of rotatable bonds is 6. The van der Waals surface area contributed by atoms with E-state index in [9.17, 15) is 23.1 Å². The maximum atomic E-state index is 11.7. The van der Waals surface area contributed by atoms with Crippen LogP contribution >= 0.6 is 23.5 Å². The summed E-state index contributed by atoms with van der Waals surface area (Å²) in [5.41, 5.74) is 6.17. The number of carboxylic acid groups (broad SMARTS) is 1. The number of nitrogens with two attached hydrogens (primary N) is 1. The molecule has 0 aromatic carbocycles. The average Bonchev–Trinajstić information content (AvgIpc) is 2.90. The van der Waals surface area contributed by atoms with Crippen LogP contribution in [0.3, 0.4) is 0 Å². The number of aliphatic carboxylic acids is 1. The second-order valence-electron chi connectivity index (χ2n) is 5.12. The van der Waals surface area contributed by atoms with E-state index in [4.69, 9.17) is 10.3 Å². The number of fused-ring (bicyclic) bond motifs is 1. The highest BCUT2D eigenvalue weighted by Gasteiger charge is 2.47. The minimum Gasteiger partial charge on any atom is -0.477 e. The SMILES string of the molecule is NC1S[C@@H]2CC(=O)N2C(C(=O)O)=C1CSc1nnnn1CS(=O)(=O)O. The van der Waals surface area contributed by atoms with E-state index in [-0.39, 0.29) is 34.3 Å². The molecule has 1 saturated heterocycles. The molecule has 0 aliphatic carbocycles. The van der Waals surface area contributed by atoms with Crippen molar-refractivity contribution in [3.05, 3.63) is 11.3 Å². The highest BCUT2D eigenvalue weighted by atomic mass is 32.2. The average molecular weight is 408 g/mol. The molecule has 2 atom stereocenters. The number of carbonyl (C=O) groups excluding carboxylic acids is 1. The van der Waals surface area contributed by atoms with Crippen LogP contribution in [0.15, 0.2) is 16.4 Å². The van der Waals surface area contributed by atoms with Crippen molar-refractivity contribution in [1.29, 1.82) is 0 Å². The lowest BCUT2D eigenvalue weighted by atomic mass is 10.1. The third-order valence-electron chi connectivity index (χ3n) is 3.44. The highest BCUT2D eigenvalue weighted by Crippen LogP contribution is 2.43. The molecule has 0 bridgehead atoms. The summed E-state index contributed by atoms with van der Waals surface area (Å²) < 4.78 is 31.6. The number of hydrogen-bond donors (Lipinski definition) is 3. The summed E-state index contributed by atoms with van der Waals surface area (Å²) in [6, 6.07) is 0. The highest BCUT2D eigenvalue weighted by molar-refractivity contribution is 8.01. The number of amides is 1. The molecule has 2 aliphatic rings. The van der Waals surface area contributed by atoms with Crippen molar-refractivity contribution in [3.63, 3.8) is 0 Å². The van der Waals surface area contributed by atoms with Crippen LogP contribution in [0.25, 0.3) is 0 Å². The molecule has 3 heterocycles. The minimum atomic E-state index is -4.34. The molecule has 1 aromatic rings. The molecule has 1 aromatic heterocycles. The number of carbonyl (C=O) groups is 2. The van der Waals surface area contributed by atoms with Gasteiger partial charge in [-0.3, -0.25) is 14.2 Å². The second-order valence-corrected chi connectivity index (χ2v) is 8.81. The van der Waals surface area contributed by atoms with Gasteiger partial charge in [0.15, 0.2) is 5.88 Å². The van der Waals surface area contributed by atoms with Gasteiger partial charge in [-0.15, -0.1) is 16.9 Å². The van der Waals surface area contributed by atoms with Crippen LogP contribution in [-0.2, 0) is 25.6 Å². The molecular weight excluding hydrogens is 396 g/mol. The maximum absolute atomic E-state index is 11.7. The Bertz CT molecular complexity index is 866. The predicted molar refractivity (Wildman–Crippen MR) is 85.6 cm³/mol. The first-order valence-electron chi connectivity index (χ1n) is 6.71. The van der Waals surface area contributed by atoms with Crippen LogP contribution in [0.5, 0.6) is 0 Å². The number of thioether (sulfide) groups is 2. The largest absolute Gasteiger partial charge is 0.477 e. The molecular formula is C10H12N6O6S3. The smallest absolute Gasteiger partial charge is 0.352 e. The molecule has 1 unspecified atom stereocenters. The molecule has 12 nitrogen and oxygen atoms in total. The standard InChI is InChI=1S/C10H12N6O6S3/c11-8-4(7(9(18)19)16-5(17)1-6(16)24-8)2-23-10-12-13-14-15(10)3-25(20,21)22/h6,8H,1-3,11H2,(H,18,19)(H,20,21,22)/t6-,8?/m1/s1. The van der Waals surface area contributed by atoms with Gasteiger partial charge in [-0.1, -0.05) is 11.8 Å². The summed E-state index contributed by atoms with van der Waals surface area (Å²) in [6.07, 6.45) is 0.238. The van der Waals surface area contributed by atoms with E-state index in [2.05, 4.69) is 15.5 Å². The van der Waals surface area contributed by atoms with Crippen molar-refractivity contribution >= 4 is 45.5 Å². The number of β-lactam (4-membered cyclic amide) rings is 1. The minimum absolute atomic E-state index is 0.0398. The number of carboxylic acids is 1. The van der Waals surface area contributed by atoms with Gasteiger partial charge >= 0.3 is 5.97 Å². The second kappa shape index (κ2) is 6.56. The van der Waals surface area contributed by atoms with E-state index in [1.54, 1.807) is 0 Å². The van der Waals surface area contributed by atoms with Crippen molar-refractivity contribution in [1.82, 2.24) is 25.1 Å². The lowest BCUT2D eigenvalue weighted by molar-refractivity contribution is -0.146. The number of nitrogens with zero attached hydrogens (tertiary/aromatic N) is 5. The van der Waals surface area contributed by atoms with Crippen molar-refractivity contribution in [2.75, 3.05) is 5.75 Å². The van der Waals surface area contributed by atoms with Crippen molar-refractivity contribution in [2.45, 2.75) is 28.2 Å². The monoisotopic (exact) mass is 408 g/mol. The molecule has 2 aliphatic heterocycles. The Balaban J connectivity index is 1.84. The van der Waals surface area contributed by atoms with Crippen LogP contribution in [0.1, 0.15) is 6.42 Å². The molecule has 4 N–H and O–H groups in total. The first-order chi connectivity index (χ1) is 11.7. The summed E-state index contributed by atoms with van der Waals surface area (Å²) >= 11 is 2.23. The van der Waals surface area contributed by atoms with Crippen molar-refractivity contribution < 1.29 is 27.7 Å². The zero-order valence-corrected chi connectivity index (χ0v) is 14.8. The maximum Gasteiger partial charge on any atom is 0.352 e. The fraction of sp³-hybridized carbons (Fsp3) is 0.500. The normalized spacial score (nSPS) is 23.4. The zero-order chi connectivity index (χ0) is 18.4. The first kappa shape index (κ1) is 18.1. The molecule has 15 heteroatoms. The lowest BCUT2D eigenvalue weighted by Gasteiger charge is -2.45. The Morgan fingerprint density at radius 2 is 2.20 bits per heavy atom. The molecule has 0 radical (unpaired) electrons. The molecule has 3 rings (SSSR count). The Kier molecular flexibility index (Phi) is 4.76. The van der Waals surface area contributed by atoms with E-state index >= 15 is 0 Å². The van der Waals surface area contributed by atoms with Gasteiger partial charge in [0.2, 0.25) is 11.1 Å². The number of tetrazole rings is 1. The summed E-state index contributed by atoms with van der Waals surface area (Å²) in [5, 5.41) is 19.0. The molecule has 1 fully saturated rings. The van der Waals surface area contributed by atoms with E-state index in [1.807, 2.05) is 0 Å². The number of hydrogen-bond acceptors (Lipinski definition) is 10. The third-order valence-corrected chi connectivity index (χ3v) is 6.29. The van der Waals surface area contributed by atoms with Gasteiger partial charge in [0.25, 0.3) is 10.1 Å². The first-order valence-corrected chi connectivity index (χ1v) is 10.2. The fourth-order valence-electron chi connectivity index (χ4n) is 2.37. The van der Waals surface area contributed by atoms with E-state index < -0.39 is 27.3 Å². The fourth-order valence-corrected chi connectivity index (χ4v) is 5.27. The topological polar surface area (TPSA) is 182 Å². The van der Waals surface area contributed by atoms with Crippen LogP contribution < -0.4 is 5.73 Å². The Morgan fingerprint density at radius 3 is 2.80 bits per heavy atom. The van der Waals surface area contributed by atoms with E-state index in [0.29, 0.717) is 5.57 Å². The van der Waals surface area contributed by atoms with Gasteiger partial charge in [-0.25, -0.2) is 9.48 Å². The van der Waals surface area contributed by atoms with Gasteiger partial charge in [-0.05, 0) is 16.0 Å². The van der Waals surface area contributed by atoms with Crippen molar-refractivity contribution in [2.24, 2.45) is 5.73 Å². The summed E-state index contributed by atoms with van der Waals surface area (Å²) in [4.78, 5) is 24.5. The molecule has 0 saturated carbocycles. The van der Waals surface area contributed by atoms with E-state index in [1.165, 1.54) is 16.7 Å². The van der Waals surface area contributed by atoms with Gasteiger partial charge in [-0.2, -0.15) is 8.42 Å². The van der Waals surface area contributed by atoms with E-state index in [0.717, 1.165) is 16.4 Å². The Labute approximate surface area is 149 Å².